The van der Waals surface area contributed by atoms with Crippen molar-refractivity contribution in [3.8, 4) is 0 Å². The molecule has 0 unspecified atom stereocenters. The Morgan fingerprint density at radius 1 is 1.25 bits per heavy atom. The summed E-state index contributed by atoms with van der Waals surface area (Å²) in [4.78, 5) is 11.8. The lowest BCUT2D eigenvalue weighted by Gasteiger charge is -2.11. The first-order chi connectivity index (χ1) is 11.3. The number of anilines is 1. The third-order valence-electron chi connectivity index (χ3n) is 3.02. The number of halogens is 2. The van der Waals surface area contributed by atoms with Crippen LogP contribution < -0.4 is 10.0 Å². The topological polar surface area (TPSA) is 75.3 Å². The van der Waals surface area contributed by atoms with E-state index in [0.717, 1.165) is 12.1 Å². The quantitative estimate of drug-likeness (QED) is 0.769. The molecule has 0 atom stereocenters. The van der Waals surface area contributed by atoms with Crippen LogP contribution in [0.3, 0.4) is 0 Å². The second-order valence-electron chi connectivity index (χ2n) is 4.73. The molecule has 0 radical (unpaired) electrons. The van der Waals surface area contributed by atoms with Crippen LogP contribution >= 0.6 is 11.6 Å². The fourth-order valence-corrected chi connectivity index (χ4v) is 3.15. The van der Waals surface area contributed by atoms with Crippen molar-refractivity contribution >= 4 is 33.2 Å². The summed E-state index contributed by atoms with van der Waals surface area (Å²) in [6.45, 7) is 3.68. The maximum atomic E-state index is 13.6. The molecule has 5 nitrogen and oxygen atoms in total. The molecular weight excluding hydrogens is 355 g/mol. The van der Waals surface area contributed by atoms with Gasteiger partial charge in [0.25, 0.3) is 15.9 Å². The molecule has 0 bridgehead atoms. The number of carbonyl (C=O) groups excluding carboxylic acids is 1. The smallest absolute Gasteiger partial charge is 0.262 e. The predicted molar refractivity (Wildman–Crippen MR) is 91.2 cm³/mol. The normalized spacial score (nSPS) is 10.9. The van der Waals surface area contributed by atoms with E-state index in [1.54, 1.807) is 0 Å². The third-order valence-corrected chi connectivity index (χ3v) is 4.71. The molecule has 0 aliphatic heterocycles. The van der Waals surface area contributed by atoms with E-state index in [4.69, 9.17) is 11.6 Å². The molecule has 0 fully saturated rings. The Morgan fingerprint density at radius 2 is 1.96 bits per heavy atom. The summed E-state index contributed by atoms with van der Waals surface area (Å²) in [6.07, 6.45) is 1.48. The summed E-state index contributed by atoms with van der Waals surface area (Å²) in [5.74, 6) is -1.25. The molecular formula is C16H14ClFN2O3S. The molecule has 0 heterocycles. The zero-order chi connectivity index (χ0) is 17.7. The molecule has 0 aromatic heterocycles. The van der Waals surface area contributed by atoms with Gasteiger partial charge in [0.15, 0.2) is 0 Å². The minimum Gasteiger partial charge on any atom is -0.349 e. The van der Waals surface area contributed by atoms with Crippen LogP contribution in [-0.4, -0.2) is 20.9 Å². The molecule has 2 rings (SSSR count). The summed E-state index contributed by atoms with van der Waals surface area (Å²) >= 11 is 5.94. The van der Waals surface area contributed by atoms with Gasteiger partial charge in [-0.05, 0) is 30.3 Å². The van der Waals surface area contributed by atoms with Crippen LogP contribution in [0.5, 0.6) is 0 Å². The van der Waals surface area contributed by atoms with Crippen LogP contribution in [0.15, 0.2) is 60.0 Å². The van der Waals surface area contributed by atoms with Crippen LogP contribution in [-0.2, 0) is 10.0 Å². The van der Waals surface area contributed by atoms with E-state index >= 15 is 0 Å². The molecule has 126 valence electrons. The van der Waals surface area contributed by atoms with Crippen molar-refractivity contribution in [1.82, 2.24) is 5.32 Å². The molecule has 0 aliphatic rings. The minimum atomic E-state index is -4.08. The lowest BCUT2D eigenvalue weighted by molar-refractivity contribution is 0.0958. The second-order valence-corrected chi connectivity index (χ2v) is 6.82. The van der Waals surface area contributed by atoms with Gasteiger partial charge < -0.3 is 5.32 Å². The molecule has 2 aromatic rings. The standard InChI is InChI=1S/C16H14ClFN2O3S/c1-2-9-19-16(21)12-10-11(7-8-13(12)17)24(22,23)20-15-6-4-3-5-14(15)18/h2-8,10,20H,1,9H2,(H,19,21). The van der Waals surface area contributed by atoms with Crippen molar-refractivity contribution < 1.29 is 17.6 Å². The van der Waals surface area contributed by atoms with Crippen molar-refractivity contribution in [2.45, 2.75) is 4.90 Å². The van der Waals surface area contributed by atoms with Crippen LogP contribution in [0.4, 0.5) is 10.1 Å². The van der Waals surface area contributed by atoms with Crippen molar-refractivity contribution in [2.75, 3.05) is 11.3 Å². The SMILES string of the molecule is C=CCNC(=O)c1cc(S(=O)(=O)Nc2ccccc2F)ccc1Cl. The van der Waals surface area contributed by atoms with E-state index in [1.807, 2.05) is 0 Å². The number of benzene rings is 2. The predicted octanol–water partition coefficient (Wildman–Crippen LogP) is 3.20. The van der Waals surface area contributed by atoms with Crippen molar-refractivity contribution in [1.29, 1.82) is 0 Å². The van der Waals surface area contributed by atoms with Crippen LogP contribution in [0.1, 0.15) is 10.4 Å². The molecule has 8 heteroatoms. The first kappa shape index (κ1) is 18.0. The summed E-state index contributed by atoms with van der Waals surface area (Å²) in [5, 5.41) is 2.61. The van der Waals surface area contributed by atoms with E-state index in [2.05, 4.69) is 16.6 Å². The molecule has 2 N–H and O–H groups in total. The van der Waals surface area contributed by atoms with Gasteiger partial charge in [0.2, 0.25) is 0 Å². The first-order valence-corrected chi connectivity index (χ1v) is 8.67. The zero-order valence-electron chi connectivity index (χ0n) is 12.4. The zero-order valence-corrected chi connectivity index (χ0v) is 14.0. The van der Waals surface area contributed by atoms with Gasteiger partial charge in [-0.2, -0.15) is 0 Å². The van der Waals surface area contributed by atoms with Crippen molar-refractivity contribution in [2.24, 2.45) is 0 Å². The first-order valence-electron chi connectivity index (χ1n) is 6.81. The van der Waals surface area contributed by atoms with Crippen molar-refractivity contribution in [3.63, 3.8) is 0 Å². The Labute approximate surface area is 144 Å². The average molecular weight is 369 g/mol. The lowest BCUT2D eigenvalue weighted by atomic mass is 10.2. The molecule has 0 saturated carbocycles. The van der Waals surface area contributed by atoms with Gasteiger partial charge in [-0.1, -0.05) is 29.8 Å². The van der Waals surface area contributed by atoms with E-state index < -0.39 is 21.7 Å². The summed E-state index contributed by atoms with van der Waals surface area (Å²) in [6, 6.07) is 9.02. The molecule has 0 saturated heterocycles. The monoisotopic (exact) mass is 368 g/mol. The number of amides is 1. The number of hydrogen-bond donors (Lipinski definition) is 2. The number of para-hydroxylation sites is 1. The highest BCUT2D eigenvalue weighted by Gasteiger charge is 2.19. The number of carbonyl (C=O) groups is 1. The van der Waals surface area contributed by atoms with Gasteiger partial charge in [0.05, 0.1) is 21.2 Å². The molecule has 1 amide bonds. The lowest BCUT2D eigenvalue weighted by Crippen LogP contribution is -2.24. The maximum Gasteiger partial charge on any atom is 0.262 e. The number of sulfonamides is 1. The molecule has 0 aliphatic carbocycles. The van der Waals surface area contributed by atoms with Crippen LogP contribution in [0.25, 0.3) is 0 Å². The molecule has 2 aromatic carbocycles. The molecule has 0 spiro atoms. The minimum absolute atomic E-state index is 0.00470. The van der Waals surface area contributed by atoms with Gasteiger partial charge in [-0.25, -0.2) is 12.8 Å². The van der Waals surface area contributed by atoms with Crippen LogP contribution in [0.2, 0.25) is 5.02 Å². The highest BCUT2D eigenvalue weighted by atomic mass is 35.5. The summed E-state index contributed by atoms with van der Waals surface area (Å²) in [7, 11) is -4.08. The maximum absolute atomic E-state index is 13.6. The Bertz CT molecular complexity index is 885. The van der Waals surface area contributed by atoms with E-state index in [0.29, 0.717) is 0 Å². The Balaban J connectivity index is 2.35. The van der Waals surface area contributed by atoms with Gasteiger partial charge in [0, 0.05) is 6.54 Å². The van der Waals surface area contributed by atoms with E-state index in [1.165, 1.54) is 36.4 Å². The Hall–Kier alpha value is -2.38. The molecule has 24 heavy (non-hydrogen) atoms. The largest absolute Gasteiger partial charge is 0.349 e. The highest BCUT2D eigenvalue weighted by Crippen LogP contribution is 2.23. The average Bonchev–Trinajstić information content (AvgIpc) is 2.54. The van der Waals surface area contributed by atoms with E-state index in [-0.39, 0.29) is 27.7 Å². The fraction of sp³-hybridized carbons (Fsp3) is 0.0625. The Kier molecular flexibility index (Phi) is 5.58. The Morgan fingerprint density at radius 3 is 2.62 bits per heavy atom. The second kappa shape index (κ2) is 7.46. The third kappa shape index (κ3) is 4.12. The number of rotatable bonds is 6. The number of nitrogens with one attached hydrogen (secondary N) is 2. The van der Waals surface area contributed by atoms with Gasteiger partial charge in [-0.3, -0.25) is 9.52 Å². The van der Waals surface area contributed by atoms with Gasteiger partial charge in [0.1, 0.15) is 5.82 Å². The van der Waals surface area contributed by atoms with Crippen molar-refractivity contribution in [3.05, 3.63) is 71.5 Å². The fourth-order valence-electron chi connectivity index (χ4n) is 1.85. The number of hydrogen-bond acceptors (Lipinski definition) is 3. The summed E-state index contributed by atoms with van der Waals surface area (Å²) < 4.78 is 40.5. The van der Waals surface area contributed by atoms with Gasteiger partial charge in [-0.15, -0.1) is 6.58 Å². The van der Waals surface area contributed by atoms with E-state index in [9.17, 15) is 17.6 Å². The van der Waals surface area contributed by atoms with Crippen LogP contribution in [0, 0.1) is 5.82 Å². The highest BCUT2D eigenvalue weighted by molar-refractivity contribution is 7.92. The van der Waals surface area contributed by atoms with Gasteiger partial charge >= 0.3 is 0 Å². The summed E-state index contributed by atoms with van der Waals surface area (Å²) in [5.41, 5.74) is -0.194.